The van der Waals surface area contributed by atoms with E-state index in [4.69, 9.17) is 9.47 Å². The number of ether oxygens (including phenoxy) is 2. The van der Waals surface area contributed by atoms with Crippen molar-refractivity contribution >= 4 is 11.6 Å². The standard InChI is InChI=1S/C18H20N2O3/c1-22-15-8-6-14(7-9-15)12-19-18(21)13-20-10-11-23-17-5-3-2-4-16(17)20/h2-9H,10-13H2,1H3,(H,19,21). The maximum Gasteiger partial charge on any atom is 0.239 e. The number of nitrogens with one attached hydrogen (secondary N) is 1. The zero-order valence-electron chi connectivity index (χ0n) is 13.1. The Morgan fingerprint density at radius 2 is 2.00 bits per heavy atom. The smallest absolute Gasteiger partial charge is 0.239 e. The number of hydrogen-bond donors (Lipinski definition) is 1. The van der Waals surface area contributed by atoms with Crippen LogP contribution < -0.4 is 19.7 Å². The molecule has 1 N–H and O–H groups in total. The highest BCUT2D eigenvalue weighted by Gasteiger charge is 2.19. The summed E-state index contributed by atoms with van der Waals surface area (Å²) in [6.07, 6.45) is 0. The molecule has 0 aliphatic carbocycles. The van der Waals surface area contributed by atoms with Gasteiger partial charge in [-0.15, -0.1) is 0 Å². The zero-order chi connectivity index (χ0) is 16.1. The first-order chi connectivity index (χ1) is 11.3. The minimum absolute atomic E-state index is 0.00230. The van der Waals surface area contributed by atoms with Crippen molar-refractivity contribution < 1.29 is 14.3 Å². The minimum Gasteiger partial charge on any atom is -0.497 e. The first-order valence-electron chi connectivity index (χ1n) is 7.62. The van der Waals surface area contributed by atoms with Gasteiger partial charge in [0.05, 0.1) is 25.9 Å². The molecule has 1 aliphatic rings. The number of methoxy groups -OCH3 is 1. The molecule has 2 aromatic rings. The Bertz CT molecular complexity index is 670. The van der Waals surface area contributed by atoms with Gasteiger partial charge in [0.2, 0.25) is 5.91 Å². The largest absolute Gasteiger partial charge is 0.497 e. The second-order valence-corrected chi connectivity index (χ2v) is 5.36. The lowest BCUT2D eigenvalue weighted by molar-refractivity contribution is -0.120. The Hall–Kier alpha value is -2.69. The topological polar surface area (TPSA) is 50.8 Å². The summed E-state index contributed by atoms with van der Waals surface area (Å²) in [6, 6.07) is 15.5. The Kier molecular flexibility index (Phi) is 4.66. The summed E-state index contributed by atoms with van der Waals surface area (Å²) in [4.78, 5) is 14.2. The maximum atomic E-state index is 12.2. The van der Waals surface area contributed by atoms with E-state index in [1.165, 1.54) is 0 Å². The van der Waals surface area contributed by atoms with Crippen LogP contribution in [-0.2, 0) is 11.3 Å². The van der Waals surface area contributed by atoms with Crippen molar-refractivity contribution in [2.75, 3.05) is 31.7 Å². The van der Waals surface area contributed by atoms with Crippen molar-refractivity contribution in [2.45, 2.75) is 6.54 Å². The van der Waals surface area contributed by atoms with Crippen LogP contribution in [0, 0.1) is 0 Å². The molecule has 0 spiro atoms. The summed E-state index contributed by atoms with van der Waals surface area (Å²) >= 11 is 0. The summed E-state index contributed by atoms with van der Waals surface area (Å²) in [5.41, 5.74) is 2.01. The molecule has 1 heterocycles. The van der Waals surface area contributed by atoms with E-state index in [1.54, 1.807) is 7.11 Å². The molecule has 0 fully saturated rings. The van der Waals surface area contributed by atoms with E-state index in [-0.39, 0.29) is 5.91 Å². The number of anilines is 1. The van der Waals surface area contributed by atoms with E-state index in [0.717, 1.165) is 22.7 Å². The van der Waals surface area contributed by atoms with Gasteiger partial charge in [0, 0.05) is 6.54 Å². The lowest BCUT2D eigenvalue weighted by Crippen LogP contribution is -2.41. The maximum absolute atomic E-state index is 12.2. The number of carbonyl (C=O) groups excluding carboxylic acids is 1. The number of rotatable bonds is 5. The number of para-hydroxylation sites is 2. The van der Waals surface area contributed by atoms with Gasteiger partial charge in [-0.2, -0.15) is 0 Å². The van der Waals surface area contributed by atoms with Crippen LogP contribution >= 0.6 is 0 Å². The minimum atomic E-state index is -0.00230. The average molecular weight is 312 g/mol. The number of nitrogens with zero attached hydrogens (tertiary/aromatic N) is 1. The van der Waals surface area contributed by atoms with Crippen LogP contribution in [0.4, 0.5) is 5.69 Å². The third kappa shape index (κ3) is 3.74. The van der Waals surface area contributed by atoms with Gasteiger partial charge < -0.3 is 19.7 Å². The number of fused-ring (bicyclic) bond motifs is 1. The highest BCUT2D eigenvalue weighted by Crippen LogP contribution is 2.30. The van der Waals surface area contributed by atoms with Gasteiger partial charge in [-0.1, -0.05) is 24.3 Å². The van der Waals surface area contributed by atoms with Gasteiger partial charge in [0.25, 0.3) is 0 Å². The zero-order valence-corrected chi connectivity index (χ0v) is 13.1. The molecule has 2 aromatic carbocycles. The molecule has 1 amide bonds. The van der Waals surface area contributed by atoms with Crippen LogP contribution in [0.3, 0.4) is 0 Å². The molecule has 0 radical (unpaired) electrons. The summed E-state index contributed by atoms with van der Waals surface area (Å²) in [7, 11) is 1.64. The molecule has 0 atom stereocenters. The fourth-order valence-corrected chi connectivity index (χ4v) is 2.56. The van der Waals surface area contributed by atoms with Crippen molar-refractivity contribution in [3.63, 3.8) is 0 Å². The van der Waals surface area contributed by atoms with Gasteiger partial charge in [-0.05, 0) is 29.8 Å². The van der Waals surface area contributed by atoms with Crippen molar-refractivity contribution in [1.29, 1.82) is 0 Å². The molecular weight excluding hydrogens is 292 g/mol. The van der Waals surface area contributed by atoms with Crippen LogP contribution in [0.15, 0.2) is 48.5 Å². The summed E-state index contributed by atoms with van der Waals surface area (Å²) in [5.74, 6) is 1.64. The van der Waals surface area contributed by atoms with Crippen molar-refractivity contribution in [1.82, 2.24) is 5.32 Å². The second kappa shape index (κ2) is 7.05. The first-order valence-corrected chi connectivity index (χ1v) is 7.62. The first kappa shape index (κ1) is 15.2. The van der Waals surface area contributed by atoms with Crippen LogP contribution in [0.2, 0.25) is 0 Å². The Morgan fingerprint density at radius 3 is 2.78 bits per heavy atom. The summed E-state index contributed by atoms with van der Waals surface area (Å²) in [5, 5.41) is 2.95. The number of amides is 1. The highest BCUT2D eigenvalue weighted by molar-refractivity contribution is 5.82. The normalized spacial score (nSPS) is 13.0. The van der Waals surface area contributed by atoms with Crippen molar-refractivity contribution in [3.05, 3.63) is 54.1 Å². The molecule has 3 rings (SSSR count). The van der Waals surface area contributed by atoms with Crippen molar-refractivity contribution in [2.24, 2.45) is 0 Å². The Morgan fingerprint density at radius 1 is 1.22 bits per heavy atom. The lowest BCUT2D eigenvalue weighted by Gasteiger charge is -2.30. The van der Waals surface area contributed by atoms with Gasteiger partial charge in [0.1, 0.15) is 18.1 Å². The molecule has 1 aliphatic heterocycles. The highest BCUT2D eigenvalue weighted by atomic mass is 16.5. The van der Waals surface area contributed by atoms with E-state index >= 15 is 0 Å². The molecule has 23 heavy (non-hydrogen) atoms. The fraction of sp³-hybridized carbons (Fsp3) is 0.278. The number of hydrogen-bond acceptors (Lipinski definition) is 4. The third-order valence-electron chi connectivity index (χ3n) is 3.81. The average Bonchev–Trinajstić information content (AvgIpc) is 2.61. The monoisotopic (exact) mass is 312 g/mol. The van der Waals surface area contributed by atoms with E-state index in [1.807, 2.05) is 53.4 Å². The van der Waals surface area contributed by atoms with Crippen LogP contribution in [0.25, 0.3) is 0 Å². The molecule has 0 aromatic heterocycles. The molecule has 0 saturated heterocycles. The predicted molar refractivity (Wildman–Crippen MR) is 89.0 cm³/mol. The van der Waals surface area contributed by atoms with Crippen LogP contribution in [0.5, 0.6) is 11.5 Å². The molecular formula is C18H20N2O3. The summed E-state index contributed by atoms with van der Waals surface area (Å²) in [6.45, 7) is 2.15. The van der Waals surface area contributed by atoms with Gasteiger partial charge in [-0.25, -0.2) is 0 Å². The number of carbonyl (C=O) groups is 1. The Balaban J connectivity index is 1.55. The van der Waals surface area contributed by atoms with E-state index < -0.39 is 0 Å². The van der Waals surface area contributed by atoms with E-state index in [2.05, 4.69) is 5.32 Å². The quantitative estimate of drug-likeness (QED) is 0.920. The molecule has 0 unspecified atom stereocenters. The van der Waals surface area contributed by atoms with Gasteiger partial charge in [-0.3, -0.25) is 4.79 Å². The lowest BCUT2D eigenvalue weighted by atomic mass is 10.2. The molecule has 5 nitrogen and oxygen atoms in total. The molecule has 120 valence electrons. The summed E-state index contributed by atoms with van der Waals surface area (Å²) < 4.78 is 10.7. The van der Waals surface area contributed by atoms with E-state index in [0.29, 0.717) is 26.2 Å². The number of benzene rings is 2. The fourth-order valence-electron chi connectivity index (χ4n) is 2.56. The Labute approximate surface area is 135 Å². The predicted octanol–water partition coefficient (Wildman–Crippen LogP) is 2.21. The molecule has 0 saturated carbocycles. The van der Waals surface area contributed by atoms with Crippen LogP contribution in [-0.4, -0.2) is 32.7 Å². The second-order valence-electron chi connectivity index (χ2n) is 5.36. The SMILES string of the molecule is COc1ccc(CNC(=O)CN2CCOc3ccccc32)cc1. The molecule has 0 bridgehead atoms. The van der Waals surface area contributed by atoms with Gasteiger partial charge in [0.15, 0.2) is 0 Å². The molecule has 5 heteroatoms. The third-order valence-corrected chi connectivity index (χ3v) is 3.81. The van der Waals surface area contributed by atoms with Gasteiger partial charge >= 0.3 is 0 Å². The van der Waals surface area contributed by atoms with E-state index in [9.17, 15) is 4.79 Å². The van der Waals surface area contributed by atoms with Crippen molar-refractivity contribution in [3.8, 4) is 11.5 Å². The van der Waals surface area contributed by atoms with Crippen LogP contribution in [0.1, 0.15) is 5.56 Å².